The molecule has 1 heterocycles. The molecule has 2 aromatic rings. The molecule has 0 amide bonds. The smallest absolute Gasteiger partial charge is 0.0802 e. The van der Waals surface area contributed by atoms with Crippen LogP contribution in [0.5, 0.6) is 0 Å². The standard InChI is InChI=1S/C14H18N2S/c1-9-6-10(2)8-12(7-9)14(16-15)13-5-4-11(3)17-13/h4-8,14,16H,15H2,1-3H3. The van der Waals surface area contributed by atoms with E-state index in [1.165, 1.54) is 26.4 Å². The van der Waals surface area contributed by atoms with Crippen LogP contribution in [0.15, 0.2) is 30.3 Å². The van der Waals surface area contributed by atoms with Gasteiger partial charge in [0.05, 0.1) is 6.04 Å². The van der Waals surface area contributed by atoms with E-state index in [0.29, 0.717) is 0 Å². The van der Waals surface area contributed by atoms with Crippen LogP contribution in [0.1, 0.15) is 32.5 Å². The zero-order chi connectivity index (χ0) is 12.4. The molecule has 0 aliphatic heterocycles. The molecule has 0 bridgehead atoms. The Bertz CT molecular complexity index is 496. The lowest BCUT2D eigenvalue weighted by atomic mass is 10.0. The molecule has 1 atom stereocenters. The Morgan fingerprint density at radius 1 is 1.06 bits per heavy atom. The number of nitrogens with one attached hydrogen (secondary N) is 1. The summed E-state index contributed by atoms with van der Waals surface area (Å²) in [5.41, 5.74) is 6.68. The second-order valence-electron chi connectivity index (χ2n) is 4.47. The molecule has 1 unspecified atom stereocenters. The first-order valence-electron chi connectivity index (χ1n) is 5.71. The molecule has 1 aromatic carbocycles. The zero-order valence-electron chi connectivity index (χ0n) is 10.4. The minimum atomic E-state index is 0.0901. The molecule has 3 N–H and O–H groups in total. The minimum Gasteiger partial charge on any atom is -0.271 e. The third-order valence-electron chi connectivity index (χ3n) is 2.79. The molecule has 0 radical (unpaired) electrons. The first kappa shape index (κ1) is 12.3. The molecule has 1 aromatic heterocycles. The van der Waals surface area contributed by atoms with Crippen molar-refractivity contribution in [3.8, 4) is 0 Å². The number of hydrazine groups is 1. The lowest BCUT2D eigenvalue weighted by molar-refractivity contribution is 0.646. The van der Waals surface area contributed by atoms with Crippen molar-refractivity contribution in [3.05, 3.63) is 56.8 Å². The van der Waals surface area contributed by atoms with Crippen molar-refractivity contribution >= 4 is 11.3 Å². The Morgan fingerprint density at radius 3 is 2.18 bits per heavy atom. The highest BCUT2D eigenvalue weighted by atomic mass is 32.1. The number of hydrogen-bond acceptors (Lipinski definition) is 3. The first-order chi connectivity index (χ1) is 8.10. The Balaban J connectivity index is 2.41. The molecule has 0 aliphatic carbocycles. The van der Waals surface area contributed by atoms with Crippen LogP contribution in [0, 0.1) is 20.8 Å². The first-order valence-corrected chi connectivity index (χ1v) is 6.52. The number of thiophene rings is 1. The van der Waals surface area contributed by atoms with Crippen LogP contribution in [-0.2, 0) is 0 Å². The number of benzene rings is 1. The molecular formula is C14H18N2S. The molecule has 2 rings (SSSR count). The maximum absolute atomic E-state index is 5.70. The van der Waals surface area contributed by atoms with Gasteiger partial charge in [-0.15, -0.1) is 11.3 Å². The number of nitrogens with two attached hydrogens (primary N) is 1. The molecule has 3 heteroatoms. The van der Waals surface area contributed by atoms with Crippen molar-refractivity contribution in [2.24, 2.45) is 5.84 Å². The molecule has 0 spiro atoms. The quantitative estimate of drug-likeness (QED) is 0.644. The van der Waals surface area contributed by atoms with E-state index in [1.807, 2.05) is 0 Å². The molecule has 17 heavy (non-hydrogen) atoms. The summed E-state index contributed by atoms with van der Waals surface area (Å²) in [7, 11) is 0. The summed E-state index contributed by atoms with van der Waals surface area (Å²) >= 11 is 1.78. The molecule has 0 saturated heterocycles. The van der Waals surface area contributed by atoms with Gasteiger partial charge in [-0.25, -0.2) is 5.43 Å². The van der Waals surface area contributed by atoms with Gasteiger partial charge in [-0.3, -0.25) is 5.84 Å². The molecule has 0 aliphatic rings. The largest absolute Gasteiger partial charge is 0.271 e. The Kier molecular flexibility index (Phi) is 3.62. The summed E-state index contributed by atoms with van der Waals surface area (Å²) in [6.45, 7) is 6.34. The maximum Gasteiger partial charge on any atom is 0.0802 e. The summed E-state index contributed by atoms with van der Waals surface area (Å²) in [6.07, 6.45) is 0. The SMILES string of the molecule is Cc1cc(C)cc(C(NN)c2ccc(C)s2)c1. The van der Waals surface area contributed by atoms with Crippen LogP contribution in [0.2, 0.25) is 0 Å². The van der Waals surface area contributed by atoms with E-state index in [2.05, 4.69) is 56.5 Å². The van der Waals surface area contributed by atoms with Crippen molar-refractivity contribution in [2.75, 3.05) is 0 Å². The summed E-state index contributed by atoms with van der Waals surface area (Å²) in [6, 6.07) is 10.9. The van der Waals surface area contributed by atoms with E-state index in [4.69, 9.17) is 5.84 Å². The van der Waals surface area contributed by atoms with E-state index in [0.717, 1.165) is 0 Å². The summed E-state index contributed by atoms with van der Waals surface area (Å²) in [5.74, 6) is 5.70. The fourth-order valence-electron chi connectivity index (χ4n) is 2.13. The molecule has 2 nitrogen and oxygen atoms in total. The van der Waals surface area contributed by atoms with Crippen LogP contribution in [-0.4, -0.2) is 0 Å². The van der Waals surface area contributed by atoms with Gasteiger partial charge in [0.2, 0.25) is 0 Å². The molecular weight excluding hydrogens is 228 g/mol. The lowest BCUT2D eigenvalue weighted by Gasteiger charge is -2.16. The Labute approximate surface area is 106 Å². The highest BCUT2D eigenvalue weighted by Crippen LogP contribution is 2.28. The van der Waals surface area contributed by atoms with E-state index < -0.39 is 0 Å². The minimum absolute atomic E-state index is 0.0901. The van der Waals surface area contributed by atoms with Gasteiger partial charge in [-0.2, -0.15) is 0 Å². The van der Waals surface area contributed by atoms with Crippen molar-refractivity contribution < 1.29 is 0 Å². The van der Waals surface area contributed by atoms with Crippen molar-refractivity contribution in [2.45, 2.75) is 26.8 Å². The average Bonchev–Trinajstić information content (AvgIpc) is 2.64. The van der Waals surface area contributed by atoms with Crippen molar-refractivity contribution in [1.82, 2.24) is 5.43 Å². The monoisotopic (exact) mass is 246 g/mol. The molecule has 0 saturated carbocycles. The second kappa shape index (κ2) is 5.00. The van der Waals surface area contributed by atoms with Gasteiger partial charge in [0.25, 0.3) is 0 Å². The topological polar surface area (TPSA) is 38.0 Å². The second-order valence-corrected chi connectivity index (χ2v) is 5.79. The van der Waals surface area contributed by atoms with Gasteiger partial charge in [-0.05, 0) is 38.5 Å². The normalized spacial score (nSPS) is 12.7. The number of hydrogen-bond donors (Lipinski definition) is 2. The van der Waals surface area contributed by atoms with Crippen molar-refractivity contribution in [3.63, 3.8) is 0 Å². The predicted octanol–water partition coefficient (Wildman–Crippen LogP) is 3.23. The predicted molar refractivity (Wildman–Crippen MR) is 74.1 cm³/mol. The summed E-state index contributed by atoms with van der Waals surface area (Å²) in [4.78, 5) is 2.57. The Hall–Kier alpha value is -1.16. The lowest BCUT2D eigenvalue weighted by Crippen LogP contribution is -2.28. The highest BCUT2D eigenvalue weighted by Gasteiger charge is 2.14. The van der Waals surface area contributed by atoms with Gasteiger partial charge >= 0.3 is 0 Å². The van der Waals surface area contributed by atoms with Gasteiger partial charge in [0, 0.05) is 9.75 Å². The average molecular weight is 246 g/mol. The van der Waals surface area contributed by atoms with E-state index >= 15 is 0 Å². The van der Waals surface area contributed by atoms with Gasteiger partial charge in [0.15, 0.2) is 0 Å². The fourth-order valence-corrected chi connectivity index (χ4v) is 3.09. The van der Waals surface area contributed by atoms with Crippen LogP contribution in [0.3, 0.4) is 0 Å². The van der Waals surface area contributed by atoms with Crippen LogP contribution in [0.4, 0.5) is 0 Å². The molecule has 0 fully saturated rings. The third-order valence-corrected chi connectivity index (χ3v) is 3.86. The number of aryl methyl sites for hydroxylation is 3. The van der Waals surface area contributed by atoms with E-state index in [-0.39, 0.29) is 6.04 Å². The van der Waals surface area contributed by atoms with Gasteiger partial charge in [-0.1, -0.05) is 29.3 Å². The zero-order valence-corrected chi connectivity index (χ0v) is 11.3. The highest BCUT2D eigenvalue weighted by molar-refractivity contribution is 7.12. The van der Waals surface area contributed by atoms with Crippen LogP contribution in [0.25, 0.3) is 0 Å². The Morgan fingerprint density at radius 2 is 1.71 bits per heavy atom. The maximum atomic E-state index is 5.70. The summed E-state index contributed by atoms with van der Waals surface area (Å²) < 4.78 is 0. The van der Waals surface area contributed by atoms with Crippen LogP contribution < -0.4 is 11.3 Å². The van der Waals surface area contributed by atoms with Crippen molar-refractivity contribution in [1.29, 1.82) is 0 Å². The summed E-state index contributed by atoms with van der Waals surface area (Å²) in [5, 5.41) is 0. The third kappa shape index (κ3) is 2.75. The van der Waals surface area contributed by atoms with Crippen LogP contribution >= 0.6 is 11.3 Å². The number of rotatable bonds is 3. The van der Waals surface area contributed by atoms with E-state index in [1.54, 1.807) is 11.3 Å². The molecule has 90 valence electrons. The fraction of sp³-hybridized carbons (Fsp3) is 0.286. The van der Waals surface area contributed by atoms with E-state index in [9.17, 15) is 0 Å². The van der Waals surface area contributed by atoms with Gasteiger partial charge in [0.1, 0.15) is 0 Å². The van der Waals surface area contributed by atoms with Gasteiger partial charge < -0.3 is 0 Å².